The highest BCUT2D eigenvalue weighted by Crippen LogP contribution is 2.47. The first-order valence-electron chi connectivity index (χ1n) is 6.04. The SMILES string of the molecule is COCCCN=C(NN)Nc1c(Cl)cc(Cl)c2c1N=S=N2. The van der Waals surface area contributed by atoms with Gasteiger partial charge in [-0.15, -0.1) is 0 Å². The number of nitrogens with two attached hydrogens (primary N) is 1. The zero-order valence-corrected chi connectivity index (χ0v) is 13.5. The summed E-state index contributed by atoms with van der Waals surface area (Å²) in [5.74, 6) is 5.84. The lowest BCUT2D eigenvalue weighted by Gasteiger charge is -2.13. The summed E-state index contributed by atoms with van der Waals surface area (Å²) in [5.41, 5.74) is 4.22. The minimum atomic E-state index is 0.379. The third-order valence-electron chi connectivity index (χ3n) is 2.60. The molecule has 2 rings (SSSR count). The van der Waals surface area contributed by atoms with Crippen LogP contribution in [0.15, 0.2) is 19.8 Å². The quantitative estimate of drug-likeness (QED) is 0.254. The van der Waals surface area contributed by atoms with Crippen LogP contribution in [0.2, 0.25) is 10.0 Å². The van der Waals surface area contributed by atoms with Gasteiger partial charge in [0.15, 0.2) is 0 Å². The van der Waals surface area contributed by atoms with Crippen molar-refractivity contribution in [3.63, 3.8) is 0 Å². The Morgan fingerprint density at radius 2 is 2.14 bits per heavy atom. The van der Waals surface area contributed by atoms with Gasteiger partial charge in [-0.1, -0.05) is 23.2 Å². The second kappa shape index (κ2) is 7.71. The normalized spacial score (nSPS) is 13.0. The molecule has 0 bridgehead atoms. The molecule has 1 heterocycles. The van der Waals surface area contributed by atoms with E-state index in [4.69, 9.17) is 33.8 Å². The van der Waals surface area contributed by atoms with Gasteiger partial charge in [0.1, 0.15) is 11.4 Å². The van der Waals surface area contributed by atoms with Crippen LogP contribution in [0.25, 0.3) is 0 Å². The molecule has 0 unspecified atom stereocenters. The molecule has 4 N–H and O–H groups in total. The molecule has 1 aromatic carbocycles. The fraction of sp³-hybridized carbons (Fsp3) is 0.364. The van der Waals surface area contributed by atoms with Crippen LogP contribution in [0.5, 0.6) is 0 Å². The van der Waals surface area contributed by atoms with E-state index in [1.807, 2.05) is 0 Å². The van der Waals surface area contributed by atoms with Gasteiger partial charge in [0.05, 0.1) is 27.1 Å². The highest BCUT2D eigenvalue weighted by atomic mass is 35.5. The maximum atomic E-state index is 6.20. The second-order valence-corrected chi connectivity index (χ2v) is 5.37. The number of hydrogen-bond donors (Lipinski definition) is 3. The summed E-state index contributed by atoms with van der Waals surface area (Å²) in [5, 5.41) is 3.89. The molecular weight excluding hydrogens is 335 g/mol. The fourth-order valence-electron chi connectivity index (χ4n) is 1.63. The number of rotatable bonds is 5. The summed E-state index contributed by atoms with van der Waals surface area (Å²) in [4.78, 5) is 4.28. The monoisotopic (exact) mass is 348 g/mol. The van der Waals surface area contributed by atoms with Gasteiger partial charge < -0.3 is 10.1 Å². The average molecular weight is 349 g/mol. The molecule has 0 atom stereocenters. The Morgan fingerprint density at radius 1 is 1.38 bits per heavy atom. The number of guanidine groups is 1. The average Bonchev–Trinajstić information content (AvgIpc) is 2.95. The molecule has 1 aromatic rings. The van der Waals surface area contributed by atoms with E-state index in [0.717, 1.165) is 17.8 Å². The van der Waals surface area contributed by atoms with Crippen LogP contribution in [0.3, 0.4) is 0 Å². The second-order valence-electron chi connectivity index (χ2n) is 4.02. The van der Waals surface area contributed by atoms with Crippen molar-refractivity contribution in [1.82, 2.24) is 5.43 Å². The number of hydrazine groups is 1. The first-order chi connectivity index (χ1) is 10.2. The van der Waals surface area contributed by atoms with Gasteiger partial charge in [-0.3, -0.25) is 10.4 Å². The molecule has 0 spiro atoms. The third kappa shape index (κ3) is 3.92. The Morgan fingerprint density at radius 3 is 2.86 bits per heavy atom. The number of nitrogens with one attached hydrogen (secondary N) is 2. The van der Waals surface area contributed by atoms with E-state index < -0.39 is 0 Å². The Kier molecular flexibility index (Phi) is 5.95. The van der Waals surface area contributed by atoms with Crippen LogP contribution >= 0.6 is 23.2 Å². The maximum absolute atomic E-state index is 6.20. The van der Waals surface area contributed by atoms with Crippen molar-refractivity contribution in [2.75, 3.05) is 25.6 Å². The molecule has 0 amide bonds. The molecule has 0 aliphatic carbocycles. The largest absolute Gasteiger partial charge is 0.385 e. The maximum Gasteiger partial charge on any atom is 0.210 e. The minimum absolute atomic E-state index is 0.379. The van der Waals surface area contributed by atoms with Crippen LogP contribution in [0.4, 0.5) is 17.1 Å². The van der Waals surface area contributed by atoms with Crippen LogP contribution in [0, 0.1) is 0 Å². The van der Waals surface area contributed by atoms with E-state index in [-0.39, 0.29) is 0 Å². The zero-order valence-electron chi connectivity index (χ0n) is 11.2. The van der Waals surface area contributed by atoms with Gasteiger partial charge in [0.2, 0.25) is 5.96 Å². The molecule has 0 aromatic heterocycles. The molecule has 114 valence electrons. The number of anilines is 1. The highest BCUT2D eigenvalue weighted by Gasteiger charge is 2.19. The lowest BCUT2D eigenvalue weighted by atomic mass is 10.2. The van der Waals surface area contributed by atoms with Crippen molar-refractivity contribution >= 4 is 57.6 Å². The number of nitrogens with zero attached hydrogens (tertiary/aromatic N) is 3. The molecule has 1 aliphatic heterocycles. The molecule has 0 saturated carbocycles. The van der Waals surface area contributed by atoms with Gasteiger partial charge >= 0.3 is 0 Å². The number of halogens is 2. The summed E-state index contributed by atoms with van der Waals surface area (Å²) in [6, 6.07) is 1.61. The topological polar surface area (TPSA) is 96.4 Å². The molecule has 21 heavy (non-hydrogen) atoms. The van der Waals surface area contributed by atoms with Crippen LogP contribution in [-0.2, 0) is 16.1 Å². The van der Waals surface area contributed by atoms with Crippen molar-refractivity contribution in [1.29, 1.82) is 0 Å². The number of aliphatic imine (C=N–C) groups is 1. The predicted octanol–water partition coefficient (Wildman–Crippen LogP) is 2.99. The molecular formula is C11H14Cl2N6OS. The van der Waals surface area contributed by atoms with Gasteiger partial charge in [0.25, 0.3) is 0 Å². The van der Waals surface area contributed by atoms with Gasteiger partial charge in [-0.05, 0) is 12.5 Å². The fourth-order valence-corrected chi connectivity index (χ4v) is 2.79. The summed E-state index contributed by atoms with van der Waals surface area (Å²) in [6.07, 6.45) is 0.783. The van der Waals surface area contributed by atoms with Gasteiger partial charge in [-0.25, -0.2) is 5.84 Å². The molecule has 0 radical (unpaired) electrons. The third-order valence-corrected chi connectivity index (χ3v) is 3.72. The molecule has 10 heteroatoms. The molecule has 0 fully saturated rings. The summed E-state index contributed by atoms with van der Waals surface area (Å²) >= 11 is 13.3. The number of benzene rings is 1. The zero-order chi connectivity index (χ0) is 15.2. The van der Waals surface area contributed by atoms with E-state index in [1.165, 1.54) is 0 Å². The molecule has 1 aliphatic rings. The van der Waals surface area contributed by atoms with Crippen molar-refractivity contribution in [3.05, 3.63) is 16.1 Å². The first kappa shape index (κ1) is 16.2. The Labute approximate surface area is 135 Å². The Bertz CT molecular complexity index is 630. The van der Waals surface area contributed by atoms with E-state index in [0.29, 0.717) is 46.2 Å². The van der Waals surface area contributed by atoms with Gasteiger partial charge in [-0.2, -0.15) is 8.73 Å². The van der Waals surface area contributed by atoms with E-state index in [1.54, 1.807) is 13.2 Å². The Balaban J connectivity index is 2.19. The number of ether oxygens (including phenoxy) is 1. The van der Waals surface area contributed by atoms with Crippen molar-refractivity contribution in [2.45, 2.75) is 6.42 Å². The molecule has 0 saturated heterocycles. The first-order valence-corrected chi connectivity index (χ1v) is 7.53. The van der Waals surface area contributed by atoms with E-state index >= 15 is 0 Å². The van der Waals surface area contributed by atoms with Gasteiger partial charge in [0, 0.05) is 20.3 Å². The number of hydrogen-bond acceptors (Lipinski definition) is 5. The van der Waals surface area contributed by atoms with Crippen molar-refractivity contribution in [3.8, 4) is 0 Å². The number of methoxy groups -OCH3 is 1. The Hall–Kier alpha value is -1.19. The van der Waals surface area contributed by atoms with Crippen LogP contribution < -0.4 is 16.6 Å². The van der Waals surface area contributed by atoms with Crippen LogP contribution in [-0.4, -0.2) is 26.2 Å². The summed E-state index contributed by atoms with van der Waals surface area (Å²) in [7, 11) is 1.64. The van der Waals surface area contributed by atoms with Crippen molar-refractivity contribution < 1.29 is 4.74 Å². The molecule has 7 nitrogen and oxygen atoms in total. The summed E-state index contributed by atoms with van der Waals surface area (Å²) in [6.45, 7) is 1.19. The van der Waals surface area contributed by atoms with E-state index in [9.17, 15) is 0 Å². The van der Waals surface area contributed by atoms with E-state index in [2.05, 4.69) is 24.5 Å². The standard InChI is InChI=1S/C11H14Cl2N6OS/c1-20-4-2-3-15-11(17-14)16-8-6(12)5-7(13)9-10(8)19-21-18-9/h5H,2-4,14H2,1H3,(H2,15,16,17). The van der Waals surface area contributed by atoms with Crippen LogP contribution in [0.1, 0.15) is 6.42 Å². The minimum Gasteiger partial charge on any atom is -0.385 e. The lowest BCUT2D eigenvalue weighted by molar-refractivity contribution is 0.197. The lowest BCUT2D eigenvalue weighted by Crippen LogP contribution is -2.36. The summed E-state index contributed by atoms with van der Waals surface area (Å²) < 4.78 is 13.3. The predicted molar refractivity (Wildman–Crippen MR) is 87.7 cm³/mol. The highest BCUT2D eigenvalue weighted by molar-refractivity contribution is 7.58. The van der Waals surface area contributed by atoms with Crippen molar-refractivity contribution in [2.24, 2.45) is 19.6 Å². The smallest absolute Gasteiger partial charge is 0.210 e. The number of fused-ring (bicyclic) bond motifs is 1.